The summed E-state index contributed by atoms with van der Waals surface area (Å²) in [5.74, 6) is -0.00823. The Bertz CT molecular complexity index is 1670. The molecule has 3 aromatic rings. The monoisotopic (exact) mass is 656 g/mol. The highest BCUT2D eigenvalue weighted by Crippen LogP contribution is 2.40. The number of hydrogen-bond acceptors (Lipinski definition) is 4. The molecule has 6 nitrogen and oxygen atoms in total. The topological polar surface area (TPSA) is 83.6 Å². The van der Waals surface area contributed by atoms with Crippen LogP contribution in [0.15, 0.2) is 65.6 Å². The SMILES string of the molecule is CCS(=O)(=O)c1ccc(CC(=O)Nc2ccc(-c3ccc(CC4CCN(C(=O)CC(C)(C)C)CC4)cc3C(F)(F)F)c(C)c2)cc1. The van der Waals surface area contributed by atoms with Crippen LogP contribution in [0.25, 0.3) is 11.1 Å². The minimum atomic E-state index is -4.56. The van der Waals surface area contributed by atoms with Gasteiger partial charge in [0.1, 0.15) is 0 Å². The van der Waals surface area contributed by atoms with Gasteiger partial charge in [0.2, 0.25) is 11.8 Å². The predicted octanol–water partition coefficient (Wildman–Crippen LogP) is 7.87. The van der Waals surface area contributed by atoms with Gasteiger partial charge in [-0.25, -0.2) is 8.42 Å². The van der Waals surface area contributed by atoms with E-state index in [-0.39, 0.29) is 45.8 Å². The average molecular weight is 657 g/mol. The number of sulfone groups is 1. The Morgan fingerprint density at radius 3 is 2.07 bits per heavy atom. The van der Waals surface area contributed by atoms with Crippen molar-refractivity contribution in [3.8, 4) is 11.1 Å². The van der Waals surface area contributed by atoms with Gasteiger partial charge in [-0.05, 0) is 95.7 Å². The molecule has 1 heterocycles. The molecule has 0 atom stereocenters. The normalized spacial score (nSPS) is 14.7. The second-order valence-corrected chi connectivity index (χ2v) is 15.7. The van der Waals surface area contributed by atoms with E-state index in [0.29, 0.717) is 53.9 Å². The van der Waals surface area contributed by atoms with Crippen LogP contribution in [0.4, 0.5) is 18.9 Å². The number of halogens is 3. The molecule has 0 aliphatic carbocycles. The van der Waals surface area contributed by atoms with Gasteiger partial charge in [0, 0.05) is 25.2 Å². The largest absolute Gasteiger partial charge is 0.417 e. The number of nitrogens with one attached hydrogen (secondary N) is 1. The van der Waals surface area contributed by atoms with Gasteiger partial charge in [0.15, 0.2) is 9.84 Å². The Labute approximate surface area is 270 Å². The lowest BCUT2D eigenvalue weighted by molar-refractivity contribution is -0.137. The highest BCUT2D eigenvalue weighted by Gasteiger charge is 2.35. The molecule has 0 unspecified atom stereocenters. The molecule has 4 rings (SSSR count). The Morgan fingerprint density at radius 1 is 0.891 bits per heavy atom. The van der Waals surface area contributed by atoms with E-state index in [4.69, 9.17) is 0 Å². The first-order chi connectivity index (χ1) is 21.4. The van der Waals surface area contributed by atoms with Crippen molar-refractivity contribution in [1.82, 2.24) is 4.90 Å². The van der Waals surface area contributed by atoms with E-state index in [1.807, 2.05) is 25.7 Å². The Kier molecular flexibility index (Phi) is 10.7. The molecule has 0 aromatic heterocycles. The third-order valence-corrected chi connectivity index (χ3v) is 10.1. The van der Waals surface area contributed by atoms with Crippen LogP contribution < -0.4 is 5.32 Å². The summed E-state index contributed by atoms with van der Waals surface area (Å²) in [6.45, 7) is 10.6. The fourth-order valence-electron chi connectivity index (χ4n) is 5.89. The zero-order valence-electron chi connectivity index (χ0n) is 27.1. The molecule has 248 valence electrons. The lowest BCUT2D eigenvalue weighted by Crippen LogP contribution is -2.40. The number of amides is 2. The molecule has 1 aliphatic rings. The van der Waals surface area contributed by atoms with Gasteiger partial charge >= 0.3 is 6.18 Å². The molecule has 0 radical (unpaired) electrons. The van der Waals surface area contributed by atoms with Crippen molar-refractivity contribution >= 4 is 27.3 Å². The third-order valence-electron chi connectivity index (χ3n) is 8.39. The van der Waals surface area contributed by atoms with Crippen LogP contribution >= 0.6 is 0 Å². The first kappa shape index (κ1) is 35.2. The van der Waals surface area contributed by atoms with E-state index >= 15 is 0 Å². The van der Waals surface area contributed by atoms with Gasteiger partial charge in [-0.2, -0.15) is 13.2 Å². The quantitative estimate of drug-likeness (QED) is 0.254. The van der Waals surface area contributed by atoms with Crippen LogP contribution in [0.3, 0.4) is 0 Å². The molecule has 3 aromatic carbocycles. The molecule has 0 spiro atoms. The summed E-state index contributed by atoms with van der Waals surface area (Å²) in [5, 5.41) is 2.78. The van der Waals surface area contributed by atoms with E-state index < -0.39 is 21.6 Å². The van der Waals surface area contributed by atoms with E-state index in [1.54, 1.807) is 50.2 Å². The predicted molar refractivity (Wildman–Crippen MR) is 175 cm³/mol. The van der Waals surface area contributed by atoms with Gasteiger partial charge < -0.3 is 10.2 Å². The van der Waals surface area contributed by atoms with E-state index in [2.05, 4.69) is 5.32 Å². The summed E-state index contributed by atoms with van der Waals surface area (Å²) in [4.78, 5) is 27.3. The molecule has 1 saturated heterocycles. The molecule has 0 saturated carbocycles. The van der Waals surface area contributed by atoms with E-state index in [9.17, 15) is 31.2 Å². The van der Waals surface area contributed by atoms with Gasteiger partial charge in [0.25, 0.3) is 0 Å². The highest BCUT2D eigenvalue weighted by molar-refractivity contribution is 7.91. The number of likely N-dealkylation sites (tertiary alicyclic amines) is 1. The lowest BCUT2D eigenvalue weighted by atomic mass is 9.86. The summed E-state index contributed by atoms with van der Waals surface area (Å²) in [6, 6.07) is 15.5. The third kappa shape index (κ3) is 9.21. The van der Waals surface area contributed by atoms with Crippen molar-refractivity contribution in [2.24, 2.45) is 11.3 Å². The standard InChI is InChI=1S/C36H43F3N2O4S/c1-6-46(44,45)29-11-7-25(8-12-29)22-33(42)40-28-10-14-30(24(2)19-28)31-13-9-27(21-32(31)36(37,38)39)20-26-15-17-41(18-16-26)34(43)23-35(3,4)5/h7-14,19,21,26H,6,15-18,20,22-23H2,1-5H3,(H,40,42). The van der Waals surface area contributed by atoms with Crippen LogP contribution in [0, 0.1) is 18.3 Å². The number of aryl methyl sites for hydroxylation is 1. The molecule has 1 fully saturated rings. The van der Waals surface area contributed by atoms with Crippen molar-refractivity contribution in [1.29, 1.82) is 0 Å². The number of alkyl halides is 3. The van der Waals surface area contributed by atoms with Crippen molar-refractivity contribution in [3.05, 3.63) is 82.9 Å². The minimum absolute atomic E-state index is 0.0131. The van der Waals surface area contributed by atoms with Gasteiger partial charge in [-0.1, -0.05) is 58.0 Å². The molecule has 2 amide bonds. The Hall–Kier alpha value is -3.66. The number of hydrogen-bond donors (Lipinski definition) is 1. The summed E-state index contributed by atoms with van der Waals surface area (Å²) >= 11 is 0. The second-order valence-electron chi connectivity index (χ2n) is 13.4. The molecule has 10 heteroatoms. The Morgan fingerprint density at radius 2 is 1.50 bits per heavy atom. The zero-order valence-corrected chi connectivity index (χ0v) is 27.9. The molecular weight excluding hydrogens is 613 g/mol. The number of anilines is 1. The lowest BCUT2D eigenvalue weighted by Gasteiger charge is -2.34. The van der Waals surface area contributed by atoms with Gasteiger partial charge in [0.05, 0.1) is 22.6 Å². The average Bonchev–Trinajstić information content (AvgIpc) is 2.97. The molecular formula is C36H43F3N2O4S. The molecule has 46 heavy (non-hydrogen) atoms. The molecule has 1 aliphatic heterocycles. The van der Waals surface area contributed by atoms with Gasteiger partial charge in [-0.3, -0.25) is 9.59 Å². The maximum atomic E-state index is 14.3. The van der Waals surface area contributed by atoms with Crippen molar-refractivity contribution in [2.75, 3.05) is 24.2 Å². The number of nitrogens with zero attached hydrogens (tertiary/aromatic N) is 1. The number of carbonyl (C=O) groups excluding carboxylic acids is 2. The van der Waals surface area contributed by atoms with Crippen LogP contribution in [-0.2, 0) is 38.4 Å². The summed E-state index contributed by atoms with van der Waals surface area (Å²) in [5.41, 5.74) is 2.01. The molecule has 1 N–H and O–H groups in total. The van der Waals surface area contributed by atoms with Gasteiger partial charge in [-0.15, -0.1) is 0 Å². The second kappa shape index (κ2) is 14.0. The Balaban J connectivity index is 1.43. The smallest absolute Gasteiger partial charge is 0.343 e. The number of carbonyl (C=O) groups is 2. The number of benzene rings is 3. The van der Waals surface area contributed by atoms with Crippen LogP contribution in [0.1, 0.15) is 69.2 Å². The van der Waals surface area contributed by atoms with Crippen LogP contribution in [0.2, 0.25) is 0 Å². The summed E-state index contributed by atoms with van der Waals surface area (Å²) in [7, 11) is -3.34. The number of piperidine rings is 1. The number of rotatable bonds is 9. The van der Waals surface area contributed by atoms with Crippen molar-refractivity contribution < 1.29 is 31.2 Å². The highest BCUT2D eigenvalue weighted by atomic mass is 32.2. The fraction of sp³-hybridized carbons (Fsp3) is 0.444. The molecule has 0 bridgehead atoms. The zero-order chi connectivity index (χ0) is 33.9. The van der Waals surface area contributed by atoms with E-state index in [1.165, 1.54) is 24.3 Å². The van der Waals surface area contributed by atoms with Crippen molar-refractivity contribution in [2.45, 2.75) is 77.8 Å². The summed E-state index contributed by atoms with van der Waals surface area (Å²) in [6.07, 6.45) is -2.02. The fourth-order valence-corrected chi connectivity index (χ4v) is 6.77. The first-order valence-electron chi connectivity index (χ1n) is 15.7. The van der Waals surface area contributed by atoms with Crippen molar-refractivity contribution in [3.63, 3.8) is 0 Å². The van der Waals surface area contributed by atoms with Crippen LogP contribution in [0.5, 0.6) is 0 Å². The minimum Gasteiger partial charge on any atom is -0.343 e. The van der Waals surface area contributed by atoms with E-state index in [0.717, 1.165) is 12.8 Å². The van der Waals surface area contributed by atoms with Crippen LogP contribution in [-0.4, -0.2) is 44.0 Å². The maximum absolute atomic E-state index is 14.3. The maximum Gasteiger partial charge on any atom is 0.417 e. The first-order valence-corrected chi connectivity index (χ1v) is 17.3. The summed E-state index contributed by atoms with van der Waals surface area (Å²) < 4.78 is 67.0.